The van der Waals surface area contributed by atoms with Crippen LogP contribution in [0.4, 0.5) is 11.6 Å². The fraction of sp³-hybridized carbons (Fsp3) is 0.524. The number of ether oxygens (including phenoxy) is 2. The Balaban J connectivity index is 1.34. The molecule has 0 unspecified atom stereocenters. The van der Waals surface area contributed by atoms with E-state index in [1.54, 1.807) is 38.1 Å². The van der Waals surface area contributed by atoms with Crippen LogP contribution in [0.25, 0.3) is 0 Å². The summed E-state index contributed by atoms with van der Waals surface area (Å²) in [4.78, 5) is 26.6. The van der Waals surface area contributed by atoms with Gasteiger partial charge in [0.05, 0.1) is 30.6 Å². The number of carbonyl (C=O) groups excluding carboxylic acids is 2. The van der Waals surface area contributed by atoms with E-state index in [0.29, 0.717) is 30.5 Å². The Morgan fingerprint density at radius 3 is 2.55 bits per heavy atom. The Morgan fingerprint density at radius 1 is 1.19 bits per heavy atom. The van der Waals surface area contributed by atoms with Crippen LogP contribution >= 0.6 is 11.8 Å². The third-order valence-electron chi connectivity index (χ3n) is 4.93. The van der Waals surface area contributed by atoms with Gasteiger partial charge in [0.15, 0.2) is 5.16 Å². The number of nitrogens with one attached hydrogen (secondary N) is 1. The van der Waals surface area contributed by atoms with Gasteiger partial charge in [0.2, 0.25) is 11.9 Å². The van der Waals surface area contributed by atoms with Crippen molar-refractivity contribution in [3.05, 3.63) is 29.8 Å². The molecule has 31 heavy (non-hydrogen) atoms. The molecule has 2 fully saturated rings. The van der Waals surface area contributed by atoms with E-state index >= 15 is 0 Å². The molecule has 0 bridgehead atoms. The summed E-state index contributed by atoms with van der Waals surface area (Å²) in [5.74, 6) is 0.586. The highest BCUT2D eigenvalue weighted by atomic mass is 32.2. The monoisotopic (exact) mass is 445 g/mol. The van der Waals surface area contributed by atoms with Gasteiger partial charge in [-0.05, 0) is 51.0 Å². The summed E-state index contributed by atoms with van der Waals surface area (Å²) in [7, 11) is 0. The molecule has 0 radical (unpaired) electrons. The van der Waals surface area contributed by atoms with Crippen molar-refractivity contribution in [3.63, 3.8) is 0 Å². The molecule has 1 aliphatic carbocycles. The summed E-state index contributed by atoms with van der Waals surface area (Å²) in [6.45, 7) is 6.59. The number of thioether (sulfide) groups is 1. The fourth-order valence-corrected chi connectivity index (χ4v) is 4.10. The summed E-state index contributed by atoms with van der Waals surface area (Å²) in [5.41, 5.74) is 1.08. The number of anilines is 2. The van der Waals surface area contributed by atoms with Crippen molar-refractivity contribution in [2.75, 3.05) is 42.3 Å². The summed E-state index contributed by atoms with van der Waals surface area (Å²) >= 11 is 1.39. The van der Waals surface area contributed by atoms with Gasteiger partial charge < -0.3 is 19.7 Å². The smallest absolute Gasteiger partial charge is 0.338 e. The Labute approximate surface area is 185 Å². The quantitative estimate of drug-likeness (QED) is 0.489. The summed E-state index contributed by atoms with van der Waals surface area (Å²) in [6.07, 6.45) is 2.05. The molecule has 2 aromatic rings. The highest BCUT2D eigenvalue weighted by Crippen LogP contribution is 2.41. The van der Waals surface area contributed by atoms with Crippen molar-refractivity contribution in [1.29, 1.82) is 0 Å². The van der Waals surface area contributed by atoms with E-state index in [9.17, 15) is 9.59 Å². The molecular weight excluding hydrogens is 418 g/mol. The Kier molecular flexibility index (Phi) is 6.77. The normalized spacial score (nSPS) is 16.4. The second-order valence-corrected chi connectivity index (χ2v) is 8.79. The first-order chi connectivity index (χ1) is 15.0. The van der Waals surface area contributed by atoms with Crippen LogP contribution in [-0.2, 0) is 14.3 Å². The van der Waals surface area contributed by atoms with Crippen LogP contribution in [0, 0.1) is 0 Å². The zero-order valence-electron chi connectivity index (χ0n) is 17.7. The lowest BCUT2D eigenvalue weighted by atomic mass is 10.2. The Morgan fingerprint density at radius 2 is 1.90 bits per heavy atom. The van der Waals surface area contributed by atoms with Gasteiger partial charge in [0, 0.05) is 24.8 Å². The van der Waals surface area contributed by atoms with Gasteiger partial charge in [-0.1, -0.05) is 11.8 Å². The Bertz CT molecular complexity index is 920. The average Bonchev–Trinajstić information content (AvgIpc) is 3.51. The van der Waals surface area contributed by atoms with Gasteiger partial charge >= 0.3 is 5.97 Å². The number of rotatable bonds is 8. The minimum atomic E-state index is -0.376. The summed E-state index contributed by atoms with van der Waals surface area (Å²) < 4.78 is 12.8. The SMILES string of the molecule is CC(C)OC(=O)c1ccc(NC(=O)CSc2nnc(N3CCOCC3)n2C2CC2)cc1. The predicted molar refractivity (Wildman–Crippen MR) is 118 cm³/mol. The summed E-state index contributed by atoms with van der Waals surface area (Å²) in [5, 5.41) is 12.4. The van der Waals surface area contributed by atoms with Crippen LogP contribution in [0.1, 0.15) is 43.1 Å². The van der Waals surface area contributed by atoms with E-state index < -0.39 is 0 Å². The van der Waals surface area contributed by atoms with Crippen molar-refractivity contribution < 1.29 is 19.1 Å². The maximum atomic E-state index is 12.4. The topological polar surface area (TPSA) is 98.6 Å². The number of hydrogen-bond donors (Lipinski definition) is 1. The van der Waals surface area contributed by atoms with E-state index in [4.69, 9.17) is 9.47 Å². The van der Waals surface area contributed by atoms with E-state index in [2.05, 4.69) is 25.0 Å². The first-order valence-electron chi connectivity index (χ1n) is 10.5. The van der Waals surface area contributed by atoms with Gasteiger partial charge in [-0.2, -0.15) is 0 Å². The maximum absolute atomic E-state index is 12.4. The number of benzene rings is 1. The molecule has 2 aliphatic rings. The molecule has 166 valence electrons. The molecule has 1 aromatic carbocycles. The van der Waals surface area contributed by atoms with Crippen LogP contribution in [-0.4, -0.2) is 64.8 Å². The number of amides is 1. The third kappa shape index (κ3) is 5.56. The average molecular weight is 446 g/mol. The number of hydrogen-bond acceptors (Lipinski definition) is 8. The maximum Gasteiger partial charge on any atom is 0.338 e. The largest absolute Gasteiger partial charge is 0.459 e. The van der Waals surface area contributed by atoms with Gasteiger partial charge in [-0.15, -0.1) is 10.2 Å². The molecule has 2 heterocycles. The molecule has 1 saturated heterocycles. The minimum Gasteiger partial charge on any atom is -0.459 e. The van der Waals surface area contributed by atoms with Crippen molar-refractivity contribution in [3.8, 4) is 0 Å². The van der Waals surface area contributed by atoms with E-state index in [-0.39, 0.29) is 23.7 Å². The molecule has 0 atom stereocenters. The number of carbonyl (C=O) groups is 2. The molecule has 10 heteroatoms. The number of morpholine rings is 1. The third-order valence-corrected chi connectivity index (χ3v) is 5.88. The zero-order chi connectivity index (χ0) is 21.8. The molecule has 1 saturated carbocycles. The lowest BCUT2D eigenvalue weighted by molar-refractivity contribution is -0.113. The number of nitrogens with zero attached hydrogens (tertiary/aromatic N) is 4. The number of esters is 1. The van der Waals surface area contributed by atoms with Gasteiger partial charge in [0.25, 0.3) is 0 Å². The van der Waals surface area contributed by atoms with Crippen molar-refractivity contribution >= 4 is 35.3 Å². The summed E-state index contributed by atoms with van der Waals surface area (Å²) in [6, 6.07) is 7.10. The minimum absolute atomic E-state index is 0.138. The Hall–Kier alpha value is -2.59. The first-order valence-corrected chi connectivity index (χ1v) is 11.5. The van der Waals surface area contributed by atoms with Crippen LogP contribution < -0.4 is 10.2 Å². The predicted octanol–water partition coefficient (Wildman–Crippen LogP) is 2.75. The second kappa shape index (κ2) is 9.69. The molecule has 1 amide bonds. The van der Waals surface area contributed by atoms with Crippen LogP contribution in [0.2, 0.25) is 0 Å². The lowest BCUT2D eigenvalue weighted by Crippen LogP contribution is -2.38. The first kappa shape index (κ1) is 21.6. The molecule has 4 rings (SSSR count). The number of aromatic nitrogens is 3. The molecule has 1 aliphatic heterocycles. The molecule has 0 spiro atoms. The van der Waals surface area contributed by atoms with Crippen molar-refractivity contribution in [2.45, 2.75) is 44.0 Å². The molecular formula is C21H27N5O4S. The second-order valence-electron chi connectivity index (χ2n) is 7.85. The molecule has 1 N–H and O–H groups in total. The van der Waals surface area contributed by atoms with Crippen LogP contribution in [0.3, 0.4) is 0 Å². The lowest BCUT2D eigenvalue weighted by Gasteiger charge is -2.27. The zero-order valence-corrected chi connectivity index (χ0v) is 18.6. The highest BCUT2D eigenvalue weighted by Gasteiger charge is 2.32. The molecule has 1 aromatic heterocycles. The van der Waals surface area contributed by atoms with E-state index in [1.807, 2.05) is 0 Å². The van der Waals surface area contributed by atoms with Crippen LogP contribution in [0.15, 0.2) is 29.4 Å². The van der Waals surface area contributed by atoms with Gasteiger partial charge in [0.1, 0.15) is 0 Å². The van der Waals surface area contributed by atoms with Gasteiger partial charge in [-0.25, -0.2) is 4.79 Å². The van der Waals surface area contributed by atoms with E-state index in [1.165, 1.54) is 11.8 Å². The van der Waals surface area contributed by atoms with Crippen LogP contribution in [0.5, 0.6) is 0 Å². The molecule has 9 nitrogen and oxygen atoms in total. The van der Waals surface area contributed by atoms with E-state index in [0.717, 1.165) is 37.0 Å². The highest BCUT2D eigenvalue weighted by molar-refractivity contribution is 7.99. The van der Waals surface area contributed by atoms with Crippen molar-refractivity contribution in [2.24, 2.45) is 0 Å². The van der Waals surface area contributed by atoms with Crippen molar-refractivity contribution in [1.82, 2.24) is 14.8 Å². The standard InChI is InChI=1S/C21H27N5O4S/c1-14(2)30-19(28)15-3-5-16(6-4-15)22-18(27)13-31-21-24-23-20(26(21)17-7-8-17)25-9-11-29-12-10-25/h3-6,14,17H,7-13H2,1-2H3,(H,22,27). The fourth-order valence-electron chi connectivity index (χ4n) is 3.30. The van der Waals surface area contributed by atoms with Gasteiger partial charge in [-0.3, -0.25) is 9.36 Å².